The second kappa shape index (κ2) is 7.85. The van der Waals surface area contributed by atoms with Crippen molar-refractivity contribution in [2.45, 2.75) is 44.6 Å². The van der Waals surface area contributed by atoms with Crippen molar-refractivity contribution in [1.29, 1.82) is 0 Å². The largest absolute Gasteiger partial charge is 0.480 e. The molecular weight excluding hydrogens is 319 g/mol. The lowest BCUT2D eigenvalue weighted by Crippen LogP contribution is -2.42. The molecule has 8 heteroatoms. The van der Waals surface area contributed by atoms with Crippen molar-refractivity contribution in [3.8, 4) is 0 Å². The van der Waals surface area contributed by atoms with Crippen molar-refractivity contribution in [3.05, 3.63) is 39.7 Å². The van der Waals surface area contributed by atoms with E-state index in [1.807, 2.05) is 0 Å². The molecule has 1 amide bonds. The highest BCUT2D eigenvalue weighted by atomic mass is 19.1. The standard InChI is InChI=1S/C16H19FN2O5/c17-12-6-5-11(8-14(12)19(23)24)7-13(16(21)22)18-15(20)9-10-3-1-2-4-10/h5-6,8,10,13H,1-4,7,9H2,(H,18,20)(H,21,22)/t13-/m1/s1. The van der Waals surface area contributed by atoms with Gasteiger partial charge in [-0.25, -0.2) is 4.79 Å². The summed E-state index contributed by atoms with van der Waals surface area (Å²) >= 11 is 0. The number of carbonyl (C=O) groups excluding carboxylic acids is 1. The van der Waals surface area contributed by atoms with E-state index in [9.17, 15) is 29.2 Å². The molecule has 1 aliphatic rings. The Morgan fingerprint density at radius 1 is 1.38 bits per heavy atom. The number of nitrogens with one attached hydrogen (secondary N) is 1. The van der Waals surface area contributed by atoms with Gasteiger partial charge in [0.2, 0.25) is 11.7 Å². The van der Waals surface area contributed by atoms with E-state index < -0.39 is 28.4 Å². The highest BCUT2D eigenvalue weighted by Gasteiger charge is 2.25. The molecule has 1 aromatic carbocycles. The molecule has 2 rings (SSSR count). The van der Waals surface area contributed by atoms with Gasteiger partial charge in [0.1, 0.15) is 6.04 Å². The molecule has 0 spiro atoms. The second-order valence-electron chi connectivity index (χ2n) is 6.06. The monoisotopic (exact) mass is 338 g/mol. The predicted molar refractivity (Wildman–Crippen MR) is 82.9 cm³/mol. The molecule has 24 heavy (non-hydrogen) atoms. The van der Waals surface area contributed by atoms with Crippen molar-refractivity contribution in [1.82, 2.24) is 5.32 Å². The Bertz CT molecular complexity index is 643. The summed E-state index contributed by atoms with van der Waals surface area (Å²) in [5.41, 5.74) is -0.439. The average Bonchev–Trinajstić information content (AvgIpc) is 3.00. The number of hydrogen-bond acceptors (Lipinski definition) is 4. The van der Waals surface area contributed by atoms with E-state index in [1.54, 1.807) is 0 Å². The van der Waals surface area contributed by atoms with Crippen LogP contribution in [0.1, 0.15) is 37.7 Å². The van der Waals surface area contributed by atoms with Crippen LogP contribution < -0.4 is 5.32 Å². The second-order valence-corrected chi connectivity index (χ2v) is 6.06. The van der Waals surface area contributed by atoms with Crippen LogP contribution in [0.4, 0.5) is 10.1 Å². The minimum Gasteiger partial charge on any atom is -0.480 e. The van der Waals surface area contributed by atoms with Crippen LogP contribution in [-0.2, 0) is 16.0 Å². The molecule has 0 heterocycles. The molecule has 0 unspecified atom stereocenters. The lowest BCUT2D eigenvalue weighted by molar-refractivity contribution is -0.387. The highest BCUT2D eigenvalue weighted by molar-refractivity contribution is 5.83. The van der Waals surface area contributed by atoms with Crippen LogP contribution in [0.3, 0.4) is 0 Å². The summed E-state index contributed by atoms with van der Waals surface area (Å²) in [6.45, 7) is 0. The lowest BCUT2D eigenvalue weighted by Gasteiger charge is -2.16. The van der Waals surface area contributed by atoms with E-state index >= 15 is 0 Å². The van der Waals surface area contributed by atoms with E-state index in [2.05, 4.69) is 5.32 Å². The smallest absolute Gasteiger partial charge is 0.326 e. The third-order valence-corrected chi connectivity index (χ3v) is 4.23. The van der Waals surface area contributed by atoms with Crippen LogP contribution in [0.15, 0.2) is 18.2 Å². The maximum atomic E-state index is 13.3. The van der Waals surface area contributed by atoms with Crippen LogP contribution in [0, 0.1) is 21.8 Å². The van der Waals surface area contributed by atoms with E-state index in [0.29, 0.717) is 0 Å². The van der Waals surface area contributed by atoms with Crippen LogP contribution >= 0.6 is 0 Å². The number of halogens is 1. The molecule has 1 fully saturated rings. The number of rotatable bonds is 7. The van der Waals surface area contributed by atoms with Gasteiger partial charge in [0.25, 0.3) is 0 Å². The average molecular weight is 338 g/mol. The first kappa shape index (κ1) is 17.8. The zero-order chi connectivity index (χ0) is 17.7. The Balaban J connectivity index is 2.02. The first-order valence-corrected chi connectivity index (χ1v) is 7.82. The van der Waals surface area contributed by atoms with Gasteiger partial charge >= 0.3 is 11.7 Å². The summed E-state index contributed by atoms with van der Waals surface area (Å²) in [6, 6.07) is 1.99. The van der Waals surface area contributed by atoms with Gasteiger partial charge in [0.05, 0.1) is 4.92 Å². The number of carbonyl (C=O) groups is 2. The molecule has 1 aliphatic carbocycles. The Hall–Kier alpha value is -2.51. The normalized spacial score (nSPS) is 15.9. The van der Waals surface area contributed by atoms with Crippen molar-refractivity contribution in [2.24, 2.45) is 5.92 Å². The Kier molecular flexibility index (Phi) is 5.83. The summed E-state index contributed by atoms with van der Waals surface area (Å²) in [6.07, 6.45) is 4.24. The van der Waals surface area contributed by atoms with Gasteiger partial charge in [-0.3, -0.25) is 14.9 Å². The number of benzene rings is 1. The van der Waals surface area contributed by atoms with Gasteiger partial charge in [-0.15, -0.1) is 0 Å². The fraction of sp³-hybridized carbons (Fsp3) is 0.500. The van der Waals surface area contributed by atoms with Gasteiger partial charge in [0, 0.05) is 18.9 Å². The van der Waals surface area contributed by atoms with E-state index in [0.717, 1.165) is 37.8 Å². The molecule has 0 aliphatic heterocycles. The molecular formula is C16H19FN2O5. The fourth-order valence-corrected chi connectivity index (χ4v) is 2.99. The molecule has 1 atom stereocenters. The molecule has 7 nitrogen and oxygen atoms in total. The Labute approximate surface area is 138 Å². The van der Waals surface area contributed by atoms with Crippen LogP contribution in [0.2, 0.25) is 0 Å². The molecule has 0 radical (unpaired) electrons. The van der Waals surface area contributed by atoms with Gasteiger partial charge in [0.15, 0.2) is 0 Å². The summed E-state index contributed by atoms with van der Waals surface area (Å²) in [5.74, 6) is -2.28. The highest BCUT2D eigenvalue weighted by Crippen LogP contribution is 2.27. The molecule has 2 N–H and O–H groups in total. The topological polar surface area (TPSA) is 110 Å². The quantitative estimate of drug-likeness (QED) is 0.586. The number of carboxylic acids is 1. The van der Waals surface area contributed by atoms with E-state index in [-0.39, 0.29) is 30.2 Å². The minimum absolute atomic E-state index is 0.146. The van der Waals surface area contributed by atoms with Crippen molar-refractivity contribution >= 4 is 17.6 Å². The first-order chi connectivity index (χ1) is 11.4. The Morgan fingerprint density at radius 3 is 2.62 bits per heavy atom. The molecule has 130 valence electrons. The predicted octanol–water partition coefficient (Wildman–Crippen LogP) is 2.43. The number of aliphatic carboxylic acids is 1. The first-order valence-electron chi connectivity index (χ1n) is 7.82. The number of carboxylic acid groups (broad SMARTS) is 1. The molecule has 0 bridgehead atoms. The van der Waals surface area contributed by atoms with Gasteiger partial charge in [-0.2, -0.15) is 4.39 Å². The third kappa shape index (κ3) is 4.74. The van der Waals surface area contributed by atoms with Crippen LogP contribution in [0.25, 0.3) is 0 Å². The number of nitro groups is 1. The van der Waals surface area contributed by atoms with E-state index in [1.165, 1.54) is 6.07 Å². The van der Waals surface area contributed by atoms with Crippen molar-refractivity contribution < 1.29 is 24.0 Å². The lowest BCUT2D eigenvalue weighted by atomic mass is 10.0. The maximum absolute atomic E-state index is 13.3. The van der Waals surface area contributed by atoms with E-state index in [4.69, 9.17) is 0 Å². The molecule has 1 aromatic rings. The molecule has 1 saturated carbocycles. The number of amides is 1. The maximum Gasteiger partial charge on any atom is 0.326 e. The van der Waals surface area contributed by atoms with Gasteiger partial charge in [-0.05, 0) is 30.4 Å². The van der Waals surface area contributed by atoms with Gasteiger partial charge in [-0.1, -0.05) is 18.9 Å². The number of nitro benzene ring substituents is 1. The van der Waals surface area contributed by atoms with Gasteiger partial charge < -0.3 is 10.4 Å². The molecule has 0 aromatic heterocycles. The van der Waals surface area contributed by atoms with Crippen LogP contribution in [0.5, 0.6) is 0 Å². The summed E-state index contributed by atoms with van der Waals surface area (Å²) < 4.78 is 13.3. The molecule has 0 saturated heterocycles. The third-order valence-electron chi connectivity index (χ3n) is 4.23. The van der Waals surface area contributed by atoms with Crippen LogP contribution in [-0.4, -0.2) is 27.9 Å². The number of hydrogen-bond donors (Lipinski definition) is 2. The zero-order valence-electron chi connectivity index (χ0n) is 13.0. The number of nitrogens with zero attached hydrogens (tertiary/aromatic N) is 1. The summed E-state index contributed by atoms with van der Waals surface area (Å²) in [7, 11) is 0. The zero-order valence-corrected chi connectivity index (χ0v) is 13.0. The Morgan fingerprint density at radius 2 is 2.04 bits per heavy atom. The van der Waals surface area contributed by atoms with Crippen molar-refractivity contribution in [3.63, 3.8) is 0 Å². The summed E-state index contributed by atoms with van der Waals surface area (Å²) in [4.78, 5) is 33.2. The summed E-state index contributed by atoms with van der Waals surface area (Å²) in [5, 5.41) is 22.5. The SMILES string of the molecule is O=C(CC1CCCC1)N[C@H](Cc1ccc(F)c([N+](=O)[O-])c1)C(=O)O. The van der Waals surface area contributed by atoms with Crippen molar-refractivity contribution in [2.75, 3.05) is 0 Å². The minimum atomic E-state index is -1.23. The fourth-order valence-electron chi connectivity index (χ4n) is 2.99.